The van der Waals surface area contributed by atoms with Crippen LogP contribution in [0.2, 0.25) is 0 Å². The molecule has 2 N–H and O–H groups in total. The molecule has 0 aliphatic carbocycles. The summed E-state index contributed by atoms with van der Waals surface area (Å²) in [6, 6.07) is 8.38. The Labute approximate surface area is 132 Å². The Morgan fingerprint density at radius 1 is 1.23 bits per heavy atom. The average Bonchev–Trinajstić information content (AvgIpc) is 2.68. The van der Waals surface area contributed by atoms with Crippen LogP contribution in [0, 0.1) is 0 Å². The van der Waals surface area contributed by atoms with Gasteiger partial charge in [-0.2, -0.15) is 4.58 Å². The lowest BCUT2D eigenvalue weighted by Crippen LogP contribution is -2.26. The first kappa shape index (κ1) is 16.0. The lowest BCUT2D eigenvalue weighted by molar-refractivity contribution is -0.401. The van der Waals surface area contributed by atoms with Crippen molar-refractivity contribution in [1.82, 2.24) is 0 Å². The summed E-state index contributed by atoms with van der Waals surface area (Å²) in [5, 5.41) is 0. The number of para-hydroxylation sites is 1. The van der Waals surface area contributed by atoms with Crippen LogP contribution in [0.15, 0.2) is 59.8 Å². The Morgan fingerprint density at radius 3 is 2.50 bits per heavy atom. The number of hydrogen-bond acceptors (Lipinski definition) is 2. The molecule has 2 rings (SSSR count). The average molecular weight is 295 g/mol. The van der Waals surface area contributed by atoms with Crippen LogP contribution in [0.3, 0.4) is 0 Å². The fraction of sp³-hybridized carbons (Fsp3) is 0.263. The van der Waals surface area contributed by atoms with E-state index in [4.69, 9.17) is 5.73 Å². The minimum atomic E-state index is -0.0878. The number of benzene rings is 1. The van der Waals surface area contributed by atoms with E-state index in [-0.39, 0.29) is 5.41 Å². The van der Waals surface area contributed by atoms with Gasteiger partial charge < -0.3 is 5.73 Å². The van der Waals surface area contributed by atoms with Gasteiger partial charge in [0.15, 0.2) is 5.71 Å². The Bertz CT molecular complexity index is 715. The summed E-state index contributed by atoms with van der Waals surface area (Å²) < 4.78 is 2.18. The van der Waals surface area contributed by atoms with Gasteiger partial charge in [-0.05, 0) is 32.9 Å². The van der Waals surface area contributed by atoms with Gasteiger partial charge in [-0.15, -0.1) is 0 Å². The van der Waals surface area contributed by atoms with E-state index in [1.807, 2.05) is 18.2 Å². The predicted molar refractivity (Wildman–Crippen MR) is 91.6 cm³/mol. The highest BCUT2D eigenvalue weighted by molar-refractivity contribution is 6.03. The highest BCUT2D eigenvalue weighted by atomic mass is 16.1. The lowest BCUT2D eigenvalue weighted by atomic mass is 9.81. The minimum absolute atomic E-state index is 0.0878. The van der Waals surface area contributed by atoms with Crippen molar-refractivity contribution >= 4 is 17.7 Å². The van der Waals surface area contributed by atoms with Gasteiger partial charge in [-0.25, -0.2) is 0 Å². The van der Waals surface area contributed by atoms with Crippen LogP contribution in [-0.4, -0.2) is 23.6 Å². The van der Waals surface area contributed by atoms with E-state index >= 15 is 0 Å². The monoisotopic (exact) mass is 295 g/mol. The summed E-state index contributed by atoms with van der Waals surface area (Å²) in [5.74, 6) is 0. The van der Waals surface area contributed by atoms with Crippen LogP contribution in [0.5, 0.6) is 0 Å². The van der Waals surface area contributed by atoms with Crippen LogP contribution in [0.25, 0.3) is 0 Å². The summed E-state index contributed by atoms with van der Waals surface area (Å²) in [4.78, 5) is 11.2. The summed E-state index contributed by atoms with van der Waals surface area (Å²) in [5.41, 5.74) is 10.4. The first-order valence-electron chi connectivity index (χ1n) is 7.36. The molecule has 0 fully saturated rings. The minimum Gasteiger partial charge on any atom is -0.402 e. The lowest BCUT2D eigenvalue weighted by Gasteiger charge is -2.15. The maximum absolute atomic E-state index is 11.2. The highest BCUT2D eigenvalue weighted by Crippen LogP contribution is 2.38. The van der Waals surface area contributed by atoms with E-state index < -0.39 is 0 Å². The molecule has 0 saturated heterocycles. The van der Waals surface area contributed by atoms with E-state index in [1.165, 1.54) is 11.3 Å². The SMILES string of the molecule is C/C(N)=C/C=C(C=O)\C=C\C1=[N+](C)c2ccccc2C1(C)C. The first-order chi connectivity index (χ1) is 10.4. The predicted octanol–water partition coefficient (Wildman–Crippen LogP) is 3.24. The van der Waals surface area contributed by atoms with Crippen molar-refractivity contribution in [1.29, 1.82) is 0 Å². The van der Waals surface area contributed by atoms with Gasteiger partial charge in [-0.1, -0.05) is 24.3 Å². The van der Waals surface area contributed by atoms with Gasteiger partial charge in [0, 0.05) is 29.0 Å². The molecular weight excluding hydrogens is 272 g/mol. The second-order valence-corrected chi connectivity index (χ2v) is 6.11. The van der Waals surface area contributed by atoms with Crippen molar-refractivity contribution in [2.24, 2.45) is 5.73 Å². The van der Waals surface area contributed by atoms with E-state index in [0.29, 0.717) is 11.3 Å². The second kappa shape index (κ2) is 6.14. The molecule has 1 aliphatic rings. The molecule has 22 heavy (non-hydrogen) atoms. The molecule has 0 saturated carbocycles. The molecule has 3 heteroatoms. The summed E-state index contributed by atoms with van der Waals surface area (Å²) in [6.07, 6.45) is 8.16. The quantitative estimate of drug-likeness (QED) is 0.401. The van der Waals surface area contributed by atoms with E-state index in [9.17, 15) is 4.79 Å². The number of carbonyl (C=O) groups excluding carboxylic acids is 1. The van der Waals surface area contributed by atoms with Gasteiger partial charge in [0.1, 0.15) is 13.3 Å². The molecule has 0 spiro atoms. The van der Waals surface area contributed by atoms with Crippen molar-refractivity contribution in [2.45, 2.75) is 26.2 Å². The molecule has 0 aromatic heterocycles. The van der Waals surface area contributed by atoms with Gasteiger partial charge in [0.25, 0.3) is 0 Å². The van der Waals surface area contributed by atoms with Crippen molar-refractivity contribution in [3.8, 4) is 0 Å². The number of fused-ring (bicyclic) bond motifs is 1. The smallest absolute Gasteiger partial charge is 0.209 e. The third kappa shape index (κ3) is 2.93. The molecule has 1 aromatic carbocycles. The first-order valence-corrected chi connectivity index (χ1v) is 7.36. The molecule has 114 valence electrons. The molecule has 1 aliphatic heterocycles. The number of aldehydes is 1. The van der Waals surface area contributed by atoms with Crippen LogP contribution < -0.4 is 5.73 Å². The number of nitrogens with zero attached hydrogens (tertiary/aromatic N) is 1. The summed E-state index contributed by atoms with van der Waals surface area (Å²) >= 11 is 0. The van der Waals surface area contributed by atoms with Crippen LogP contribution in [-0.2, 0) is 10.2 Å². The normalized spacial score (nSPS) is 18.0. The number of hydrogen-bond donors (Lipinski definition) is 1. The van der Waals surface area contributed by atoms with Gasteiger partial charge >= 0.3 is 0 Å². The molecule has 1 heterocycles. The molecule has 3 nitrogen and oxygen atoms in total. The standard InChI is InChI=1S/C19H22N2O/c1-14(20)9-10-15(13-22)11-12-18-19(2,3)16-7-5-6-8-17(16)21(18)4/h5-13,20H,1-4H3/p+1. The Morgan fingerprint density at radius 2 is 1.91 bits per heavy atom. The molecule has 0 radical (unpaired) electrons. The third-order valence-corrected chi connectivity index (χ3v) is 4.05. The number of rotatable bonds is 4. The van der Waals surface area contributed by atoms with Crippen LogP contribution in [0.1, 0.15) is 26.3 Å². The van der Waals surface area contributed by atoms with Gasteiger partial charge in [0.05, 0.1) is 5.41 Å². The number of carbonyl (C=O) groups is 1. The zero-order chi connectivity index (χ0) is 16.3. The van der Waals surface area contributed by atoms with E-state index in [2.05, 4.69) is 43.7 Å². The van der Waals surface area contributed by atoms with Crippen LogP contribution >= 0.6 is 0 Å². The molecular formula is C19H23N2O+. The van der Waals surface area contributed by atoms with E-state index in [1.54, 1.807) is 19.1 Å². The Balaban J connectivity index is 2.40. The molecule has 0 atom stereocenters. The number of allylic oxidation sites excluding steroid dienone is 6. The Kier molecular flexibility index (Phi) is 4.45. The summed E-state index contributed by atoms with van der Waals surface area (Å²) in [7, 11) is 2.06. The van der Waals surface area contributed by atoms with Crippen LogP contribution in [0.4, 0.5) is 5.69 Å². The van der Waals surface area contributed by atoms with Crippen molar-refractivity contribution < 1.29 is 9.37 Å². The van der Waals surface area contributed by atoms with Crippen molar-refractivity contribution in [2.75, 3.05) is 7.05 Å². The number of nitrogens with two attached hydrogens (primary N) is 1. The maximum atomic E-state index is 11.2. The molecule has 1 aromatic rings. The maximum Gasteiger partial charge on any atom is 0.209 e. The fourth-order valence-corrected chi connectivity index (χ4v) is 2.84. The molecule has 0 bridgehead atoms. The zero-order valence-corrected chi connectivity index (χ0v) is 13.6. The fourth-order valence-electron chi connectivity index (χ4n) is 2.84. The van der Waals surface area contributed by atoms with Gasteiger partial charge in [-0.3, -0.25) is 4.79 Å². The zero-order valence-electron chi connectivity index (χ0n) is 13.6. The summed E-state index contributed by atoms with van der Waals surface area (Å²) in [6.45, 7) is 6.19. The second-order valence-electron chi connectivity index (χ2n) is 6.11. The largest absolute Gasteiger partial charge is 0.402 e. The Hall–Kier alpha value is -2.42. The topological polar surface area (TPSA) is 46.1 Å². The van der Waals surface area contributed by atoms with Crippen molar-refractivity contribution in [3.63, 3.8) is 0 Å². The highest BCUT2D eigenvalue weighted by Gasteiger charge is 2.42. The molecule has 0 unspecified atom stereocenters. The van der Waals surface area contributed by atoms with Crippen molar-refractivity contribution in [3.05, 3.63) is 65.4 Å². The van der Waals surface area contributed by atoms with Gasteiger partial charge in [0.2, 0.25) is 5.69 Å². The van der Waals surface area contributed by atoms with E-state index in [0.717, 1.165) is 12.0 Å². The molecule has 0 amide bonds. The third-order valence-electron chi connectivity index (χ3n) is 4.05.